The molecule has 0 rings (SSSR count). The molecule has 0 aromatic carbocycles. The lowest BCUT2D eigenvalue weighted by molar-refractivity contribution is -0.148. The van der Waals surface area contributed by atoms with Crippen LogP contribution in [0.5, 0.6) is 0 Å². The topological polar surface area (TPSA) is 78.9 Å². The molecule has 6 nitrogen and oxygen atoms in total. The highest BCUT2D eigenvalue weighted by Gasteiger charge is 2.18. The molecule has 0 N–H and O–H groups in total. The Morgan fingerprint density at radius 1 is 0.485 bits per heavy atom. The third-order valence-electron chi connectivity index (χ3n) is 5.85. The molecule has 0 aliphatic heterocycles. The number of carbonyl (C=O) groups excluding carboxylic acids is 3. The maximum absolute atomic E-state index is 12.3. The van der Waals surface area contributed by atoms with Crippen LogP contribution < -0.4 is 0 Å². The third kappa shape index (κ3) is 20.7. The predicted molar refractivity (Wildman–Crippen MR) is 132 cm³/mol. The van der Waals surface area contributed by atoms with Crippen molar-refractivity contribution in [3.63, 3.8) is 0 Å². The van der Waals surface area contributed by atoms with E-state index in [1.54, 1.807) is 0 Å². The minimum absolute atomic E-state index is 0.0207. The van der Waals surface area contributed by atoms with Crippen LogP contribution in [0.15, 0.2) is 0 Å². The molecule has 0 amide bonds. The summed E-state index contributed by atoms with van der Waals surface area (Å²) in [5, 5.41) is 0. The Morgan fingerprint density at radius 3 is 1.18 bits per heavy atom. The van der Waals surface area contributed by atoms with Gasteiger partial charge >= 0.3 is 17.9 Å². The van der Waals surface area contributed by atoms with Gasteiger partial charge in [0.05, 0.1) is 25.7 Å². The molecular formula is C27H50O6. The van der Waals surface area contributed by atoms with E-state index in [9.17, 15) is 14.4 Å². The van der Waals surface area contributed by atoms with Gasteiger partial charge in [0.1, 0.15) is 0 Å². The standard InChI is InChI=1S/C27H50O6/c1-4-31-25(28)22-18-14-10-8-7-9-12-16-20-24(27(30)33-6-3)21-17-13-11-15-19-23-26(29)32-5-2/h24H,4-23H2,1-3H3. The van der Waals surface area contributed by atoms with E-state index in [1.807, 2.05) is 20.8 Å². The fourth-order valence-electron chi connectivity index (χ4n) is 4.02. The van der Waals surface area contributed by atoms with Crippen LogP contribution in [0, 0.1) is 5.92 Å². The van der Waals surface area contributed by atoms with Crippen LogP contribution in [0.2, 0.25) is 0 Å². The van der Waals surface area contributed by atoms with Crippen molar-refractivity contribution in [2.45, 2.75) is 130 Å². The smallest absolute Gasteiger partial charge is 0.308 e. The van der Waals surface area contributed by atoms with Crippen molar-refractivity contribution < 1.29 is 28.6 Å². The number of rotatable bonds is 23. The summed E-state index contributed by atoms with van der Waals surface area (Å²) in [6.07, 6.45) is 17.0. The highest BCUT2D eigenvalue weighted by molar-refractivity contribution is 5.72. The Kier molecular flexibility index (Phi) is 22.4. The first-order chi connectivity index (χ1) is 16.0. The molecule has 0 aromatic rings. The maximum atomic E-state index is 12.3. The van der Waals surface area contributed by atoms with Crippen molar-refractivity contribution in [2.75, 3.05) is 19.8 Å². The van der Waals surface area contributed by atoms with Crippen LogP contribution in [0.3, 0.4) is 0 Å². The summed E-state index contributed by atoms with van der Waals surface area (Å²) in [6, 6.07) is 0. The molecule has 0 heterocycles. The van der Waals surface area contributed by atoms with Gasteiger partial charge in [-0.1, -0.05) is 70.6 Å². The van der Waals surface area contributed by atoms with E-state index < -0.39 is 0 Å². The van der Waals surface area contributed by atoms with Gasteiger partial charge in [-0.2, -0.15) is 0 Å². The first kappa shape index (κ1) is 31.4. The van der Waals surface area contributed by atoms with Crippen molar-refractivity contribution in [3.8, 4) is 0 Å². The lowest BCUT2D eigenvalue weighted by atomic mass is 9.94. The highest BCUT2D eigenvalue weighted by atomic mass is 16.5. The van der Waals surface area contributed by atoms with Crippen molar-refractivity contribution in [1.82, 2.24) is 0 Å². The molecule has 0 saturated heterocycles. The molecule has 0 fully saturated rings. The van der Waals surface area contributed by atoms with Crippen LogP contribution in [0.25, 0.3) is 0 Å². The average molecular weight is 471 g/mol. The molecule has 0 aliphatic carbocycles. The second kappa shape index (κ2) is 23.6. The maximum Gasteiger partial charge on any atom is 0.308 e. The summed E-state index contributed by atoms with van der Waals surface area (Å²) in [5.41, 5.74) is 0. The van der Waals surface area contributed by atoms with Crippen molar-refractivity contribution in [2.24, 2.45) is 5.92 Å². The van der Waals surface area contributed by atoms with Gasteiger partial charge in [-0.25, -0.2) is 0 Å². The fourth-order valence-corrected chi connectivity index (χ4v) is 4.02. The molecule has 0 radical (unpaired) electrons. The van der Waals surface area contributed by atoms with Gasteiger partial charge in [-0.05, 0) is 46.5 Å². The van der Waals surface area contributed by atoms with Gasteiger partial charge in [-0.15, -0.1) is 0 Å². The van der Waals surface area contributed by atoms with Gasteiger partial charge in [0, 0.05) is 12.8 Å². The molecule has 0 aromatic heterocycles. The lowest BCUT2D eigenvalue weighted by Crippen LogP contribution is -2.18. The van der Waals surface area contributed by atoms with Gasteiger partial charge in [0.25, 0.3) is 0 Å². The molecular weight excluding hydrogens is 420 g/mol. The number of hydrogen-bond donors (Lipinski definition) is 0. The number of esters is 3. The summed E-state index contributed by atoms with van der Waals surface area (Å²) >= 11 is 0. The number of unbranched alkanes of at least 4 members (excludes halogenated alkanes) is 11. The molecule has 1 atom stereocenters. The van der Waals surface area contributed by atoms with E-state index in [2.05, 4.69) is 0 Å². The van der Waals surface area contributed by atoms with Crippen LogP contribution in [-0.4, -0.2) is 37.7 Å². The van der Waals surface area contributed by atoms with Crippen LogP contribution in [0.1, 0.15) is 130 Å². The van der Waals surface area contributed by atoms with Crippen LogP contribution >= 0.6 is 0 Å². The second-order valence-electron chi connectivity index (χ2n) is 8.73. The average Bonchev–Trinajstić information content (AvgIpc) is 2.78. The SMILES string of the molecule is CCOC(=O)CCCCCCCCCCC(CCCCCCCC(=O)OCC)C(=O)OCC. The van der Waals surface area contributed by atoms with E-state index >= 15 is 0 Å². The second-order valence-corrected chi connectivity index (χ2v) is 8.73. The van der Waals surface area contributed by atoms with E-state index in [0.29, 0.717) is 32.7 Å². The van der Waals surface area contributed by atoms with Crippen LogP contribution in [-0.2, 0) is 28.6 Å². The van der Waals surface area contributed by atoms with Crippen molar-refractivity contribution >= 4 is 17.9 Å². The van der Waals surface area contributed by atoms with Gasteiger partial charge in [-0.3, -0.25) is 14.4 Å². The largest absolute Gasteiger partial charge is 0.466 e. The van der Waals surface area contributed by atoms with Crippen LogP contribution in [0.4, 0.5) is 0 Å². The monoisotopic (exact) mass is 470 g/mol. The minimum Gasteiger partial charge on any atom is -0.466 e. The van der Waals surface area contributed by atoms with E-state index in [4.69, 9.17) is 14.2 Å². The summed E-state index contributed by atoms with van der Waals surface area (Å²) < 4.78 is 15.2. The van der Waals surface area contributed by atoms with Gasteiger partial charge < -0.3 is 14.2 Å². The zero-order valence-corrected chi connectivity index (χ0v) is 21.7. The number of ether oxygens (including phenoxy) is 3. The summed E-state index contributed by atoms with van der Waals surface area (Å²) in [7, 11) is 0. The van der Waals surface area contributed by atoms with Gasteiger partial charge in [0.15, 0.2) is 0 Å². The number of hydrogen-bond acceptors (Lipinski definition) is 6. The predicted octanol–water partition coefficient (Wildman–Crippen LogP) is 6.92. The van der Waals surface area contributed by atoms with E-state index in [0.717, 1.165) is 70.6 Å². The quantitative estimate of drug-likeness (QED) is 0.0915. The Bertz CT molecular complexity index is 491. The molecule has 6 heteroatoms. The highest BCUT2D eigenvalue weighted by Crippen LogP contribution is 2.21. The minimum atomic E-state index is -0.103. The zero-order valence-electron chi connectivity index (χ0n) is 21.7. The summed E-state index contributed by atoms with van der Waals surface area (Å²) in [6.45, 7) is 6.90. The van der Waals surface area contributed by atoms with E-state index in [-0.39, 0.29) is 23.8 Å². The fraction of sp³-hybridized carbons (Fsp3) is 0.889. The summed E-state index contributed by atoms with van der Waals surface area (Å²) in [4.78, 5) is 34.9. The first-order valence-electron chi connectivity index (χ1n) is 13.5. The molecule has 1 unspecified atom stereocenters. The molecule has 0 spiro atoms. The van der Waals surface area contributed by atoms with Crippen molar-refractivity contribution in [1.29, 1.82) is 0 Å². The first-order valence-corrected chi connectivity index (χ1v) is 13.5. The normalized spacial score (nSPS) is 11.7. The molecule has 0 saturated carbocycles. The van der Waals surface area contributed by atoms with Gasteiger partial charge in [0.2, 0.25) is 0 Å². The zero-order chi connectivity index (χ0) is 24.6. The van der Waals surface area contributed by atoms with Crippen molar-refractivity contribution in [3.05, 3.63) is 0 Å². The Hall–Kier alpha value is -1.59. The number of carbonyl (C=O) groups is 3. The Morgan fingerprint density at radius 2 is 0.818 bits per heavy atom. The molecule has 0 aliphatic rings. The molecule has 0 bridgehead atoms. The summed E-state index contributed by atoms with van der Waals surface area (Å²) in [5.74, 6) is -0.203. The molecule has 194 valence electrons. The Labute approximate surface area is 202 Å². The molecule has 33 heavy (non-hydrogen) atoms. The van der Waals surface area contributed by atoms with E-state index in [1.165, 1.54) is 25.7 Å². The third-order valence-corrected chi connectivity index (χ3v) is 5.85. The Balaban J connectivity index is 3.79. The lowest BCUT2D eigenvalue weighted by Gasteiger charge is -2.15.